The Hall–Kier alpha value is -0.380. The van der Waals surface area contributed by atoms with Gasteiger partial charge in [0, 0.05) is 10.5 Å². The van der Waals surface area contributed by atoms with Crippen LogP contribution in [0.25, 0.3) is 0 Å². The van der Waals surface area contributed by atoms with E-state index in [0.717, 1.165) is 10.0 Å². The Balaban J connectivity index is 2.70. The van der Waals surface area contributed by atoms with Crippen molar-refractivity contribution in [3.8, 4) is 0 Å². The molecule has 78 valence electrons. The van der Waals surface area contributed by atoms with Gasteiger partial charge in [0.1, 0.15) is 0 Å². The van der Waals surface area contributed by atoms with Crippen molar-refractivity contribution in [2.45, 2.75) is 31.9 Å². The molecule has 3 N–H and O–H groups in total. The van der Waals surface area contributed by atoms with Crippen LogP contribution in [0.1, 0.15) is 19.4 Å². The molecule has 0 radical (unpaired) electrons. The third-order valence-corrected chi connectivity index (χ3v) is 2.75. The molecule has 0 bridgehead atoms. The first kappa shape index (κ1) is 11.7. The van der Waals surface area contributed by atoms with Crippen LogP contribution in [0.15, 0.2) is 28.7 Å². The summed E-state index contributed by atoms with van der Waals surface area (Å²) < 4.78 is 1.04. The van der Waals surface area contributed by atoms with Crippen LogP contribution < -0.4 is 5.73 Å². The normalized spacial score (nSPS) is 14.1. The number of hydrogen-bond acceptors (Lipinski definition) is 2. The van der Waals surface area contributed by atoms with Crippen molar-refractivity contribution in [1.82, 2.24) is 0 Å². The van der Waals surface area contributed by atoms with E-state index in [9.17, 15) is 5.11 Å². The maximum Gasteiger partial charge on any atom is 0.0745 e. The lowest BCUT2D eigenvalue weighted by atomic mass is 9.93. The first-order chi connectivity index (χ1) is 6.39. The molecule has 0 amide bonds. The predicted molar refractivity (Wildman–Crippen MR) is 62.1 cm³/mol. The third-order valence-electron chi connectivity index (χ3n) is 2.25. The summed E-state index contributed by atoms with van der Waals surface area (Å²) in [4.78, 5) is 0. The molecule has 1 aromatic carbocycles. The van der Waals surface area contributed by atoms with Crippen LogP contribution in [0.4, 0.5) is 0 Å². The number of nitrogens with two attached hydrogens (primary N) is 1. The minimum atomic E-state index is -0.831. The van der Waals surface area contributed by atoms with E-state index in [1.54, 1.807) is 13.8 Å². The fraction of sp³-hybridized carbons (Fsp3) is 0.455. The largest absolute Gasteiger partial charge is 0.389 e. The molecule has 0 aliphatic carbocycles. The Morgan fingerprint density at radius 3 is 2.64 bits per heavy atom. The topological polar surface area (TPSA) is 46.2 Å². The Bertz CT molecular complexity index is 306. The van der Waals surface area contributed by atoms with Crippen molar-refractivity contribution in [2.75, 3.05) is 0 Å². The van der Waals surface area contributed by atoms with Gasteiger partial charge in [-0.15, -0.1) is 0 Å². The zero-order valence-electron chi connectivity index (χ0n) is 8.50. The summed E-state index contributed by atoms with van der Waals surface area (Å²) in [5.41, 5.74) is 6.17. The van der Waals surface area contributed by atoms with Crippen molar-refractivity contribution in [1.29, 1.82) is 0 Å². The summed E-state index contributed by atoms with van der Waals surface area (Å²) in [5, 5.41) is 9.68. The summed E-state index contributed by atoms with van der Waals surface area (Å²) in [6, 6.07) is 7.73. The highest BCUT2D eigenvalue weighted by atomic mass is 79.9. The van der Waals surface area contributed by atoms with Crippen molar-refractivity contribution >= 4 is 15.9 Å². The van der Waals surface area contributed by atoms with Crippen LogP contribution in [0.3, 0.4) is 0 Å². The smallest absolute Gasteiger partial charge is 0.0745 e. The first-order valence-electron chi connectivity index (χ1n) is 4.62. The van der Waals surface area contributed by atoms with Crippen molar-refractivity contribution in [3.63, 3.8) is 0 Å². The van der Waals surface area contributed by atoms with E-state index >= 15 is 0 Å². The second-order valence-corrected chi connectivity index (χ2v) is 5.01. The van der Waals surface area contributed by atoms with E-state index < -0.39 is 5.60 Å². The Morgan fingerprint density at radius 2 is 2.14 bits per heavy atom. The second kappa shape index (κ2) is 4.43. The number of aliphatic hydroxyl groups is 1. The lowest BCUT2D eigenvalue weighted by Crippen LogP contribution is -2.44. The van der Waals surface area contributed by atoms with Crippen molar-refractivity contribution in [3.05, 3.63) is 34.3 Å². The zero-order valence-corrected chi connectivity index (χ0v) is 10.1. The summed E-state index contributed by atoms with van der Waals surface area (Å²) in [6.07, 6.45) is 0.683. The Labute approximate surface area is 93.3 Å². The lowest BCUT2D eigenvalue weighted by molar-refractivity contribution is 0.0521. The fourth-order valence-electron chi connectivity index (χ4n) is 1.17. The van der Waals surface area contributed by atoms with Gasteiger partial charge in [0.05, 0.1) is 5.60 Å². The Morgan fingerprint density at radius 1 is 1.50 bits per heavy atom. The van der Waals surface area contributed by atoms with Gasteiger partial charge in [0.25, 0.3) is 0 Å². The van der Waals surface area contributed by atoms with Crippen molar-refractivity contribution < 1.29 is 5.11 Å². The van der Waals surface area contributed by atoms with Crippen LogP contribution in [0.2, 0.25) is 0 Å². The van der Waals surface area contributed by atoms with E-state index in [0.29, 0.717) is 6.42 Å². The van der Waals surface area contributed by atoms with Crippen molar-refractivity contribution in [2.24, 2.45) is 5.73 Å². The van der Waals surface area contributed by atoms with E-state index in [4.69, 9.17) is 5.73 Å². The van der Waals surface area contributed by atoms with Gasteiger partial charge in [-0.3, -0.25) is 0 Å². The average molecular weight is 258 g/mol. The SMILES string of the molecule is CC(C)(O)C(N)Cc1cccc(Br)c1. The quantitative estimate of drug-likeness (QED) is 0.872. The molecule has 0 spiro atoms. The molecule has 1 unspecified atom stereocenters. The van der Waals surface area contributed by atoms with Gasteiger partial charge in [-0.25, -0.2) is 0 Å². The minimum Gasteiger partial charge on any atom is -0.389 e. The highest BCUT2D eigenvalue weighted by Gasteiger charge is 2.22. The molecule has 0 fully saturated rings. The molecule has 0 saturated heterocycles. The van der Waals surface area contributed by atoms with Crippen LogP contribution in [-0.2, 0) is 6.42 Å². The molecule has 1 rings (SSSR count). The standard InChI is InChI=1S/C11H16BrNO/c1-11(2,14)10(13)7-8-4-3-5-9(12)6-8/h3-6,10,14H,7,13H2,1-2H3. The van der Waals surface area contributed by atoms with Gasteiger partial charge in [0.2, 0.25) is 0 Å². The molecule has 3 heteroatoms. The molecule has 1 aromatic rings. The Kier molecular flexibility index (Phi) is 3.70. The number of rotatable bonds is 3. The molecule has 14 heavy (non-hydrogen) atoms. The highest BCUT2D eigenvalue weighted by Crippen LogP contribution is 2.16. The maximum absolute atomic E-state index is 9.68. The molecule has 1 atom stereocenters. The molecule has 0 aliphatic heterocycles. The van der Waals surface area contributed by atoms with Gasteiger partial charge in [-0.1, -0.05) is 28.1 Å². The highest BCUT2D eigenvalue weighted by molar-refractivity contribution is 9.10. The van der Waals surface area contributed by atoms with Gasteiger partial charge in [-0.05, 0) is 38.0 Å². The van der Waals surface area contributed by atoms with Gasteiger partial charge < -0.3 is 10.8 Å². The second-order valence-electron chi connectivity index (χ2n) is 4.09. The van der Waals surface area contributed by atoms with Crippen LogP contribution in [0, 0.1) is 0 Å². The number of halogens is 1. The maximum atomic E-state index is 9.68. The number of benzene rings is 1. The fourth-order valence-corrected chi connectivity index (χ4v) is 1.61. The van der Waals surface area contributed by atoms with Gasteiger partial charge in [-0.2, -0.15) is 0 Å². The molecule has 0 saturated carbocycles. The van der Waals surface area contributed by atoms with E-state index in [2.05, 4.69) is 15.9 Å². The predicted octanol–water partition coefficient (Wildman–Crippen LogP) is 2.09. The minimum absolute atomic E-state index is 0.239. The van der Waals surface area contributed by atoms with Gasteiger partial charge in [0.15, 0.2) is 0 Å². The monoisotopic (exact) mass is 257 g/mol. The first-order valence-corrected chi connectivity index (χ1v) is 5.41. The molecule has 0 aromatic heterocycles. The van der Waals surface area contributed by atoms with Crippen LogP contribution in [-0.4, -0.2) is 16.7 Å². The van der Waals surface area contributed by atoms with E-state index in [1.807, 2.05) is 24.3 Å². The van der Waals surface area contributed by atoms with E-state index in [-0.39, 0.29) is 6.04 Å². The molecule has 0 aliphatic rings. The van der Waals surface area contributed by atoms with Crippen LogP contribution >= 0.6 is 15.9 Å². The summed E-state index contributed by atoms with van der Waals surface area (Å²) in [5.74, 6) is 0. The lowest BCUT2D eigenvalue weighted by Gasteiger charge is -2.25. The van der Waals surface area contributed by atoms with E-state index in [1.165, 1.54) is 0 Å². The molecule has 0 heterocycles. The van der Waals surface area contributed by atoms with Gasteiger partial charge >= 0.3 is 0 Å². The zero-order chi connectivity index (χ0) is 10.8. The molecular weight excluding hydrogens is 242 g/mol. The summed E-state index contributed by atoms with van der Waals surface area (Å²) in [7, 11) is 0. The average Bonchev–Trinajstić information content (AvgIpc) is 2.02. The molecule has 2 nitrogen and oxygen atoms in total. The summed E-state index contributed by atoms with van der Waals surface area (Å²) >= 11 is 3.40. The third kappa shape index (κ3) is 3.40. The molecular formula is C11H16BrNO. The number of hydrogen-bond donors (Lipinski definition) is 2. The summed E-state index contributed by atoms with van der Waals surface area (Å²) in [6.45, 7) is 3.46. The van der Waals surface area contributed by atoms with Crippen LogP contribution in [0.5, 0.6) is 0 Å².